The van der Waals surface area contributed by atoms with Crippen molar-refractivity contribution < 1.29 is 14.3 Å². The van der Waals surface area contributed by atoms with E-state index in [1.165, 1.54) is 109 Å². The number of imidazole rings is 1. The van der Waals surface area contributed by atoms with Crippen molar-refractivity contribution in [2.75, 3.05) is 53.1 Å². The third-order valence-corrected chi connectivity index (χ3v) is 20.0. The average molecular weight is 1220 g/mol. The van der Waals surface area contributed by atoms with Crippen molar-refractivity contribution >= 4 is 6.03 Å². The van der Waals surface area contributed by atoms with E-state index < -0.39 is 0 Å². The predicted octanol–water partition coefficient (Wildman–Crippen LogP) is 21.0. The predicted molar refractivity (Wildman–Crippen MR) is 379 cm³/mol. The number of rotatable bonds is 0. The number of aromatic nitrogens is 4. The molecule has 10 heteroatoms. The molecule has 0 bridgehead atoms. The van der Waals surface area contributed by atoms with E-state index in [2.05, 4.69) is 235 Å². The van der Waals surface area contributed by atoms with E-state index in [0.717, 1.165) is 74.5 Å². The fraction of sp³-hybridized carbons (Fsp3) is 0.909. The highest BCUT2D eigenvalue weighted by molar-refractivity contribution is 5.76. The van der Waals surface area contributed by atoms with Crippen LogP contribution in [0.25, 0.3) is 0 Å². The quantitative estimate of drug-likeness (QED) is 0.261. The molecule has 7 aliphatic rings. The van der Waals surface area contributed by atoms with Crippen LogP contribution in [0, 0.1) is 63.1 Å². The van der Waals surface area contributed by atoms with E-state index in [4.69, 9.17) is 9.47 Å². The number of amides is 2. The summed E-state index contributed by atoms with van der Waals surface area (Å²) in [6.45, 7) is 74.9. The smallest absolute Gasteiger partial charge is 0.320 e. The highest BCUT2D eigenvalue weighted by Crippen LogP contribution is 2.45. The average Bonchev–Trinajstić information content (AvgIpc) is 3.88. The Balaban J connectivity index is 0.000000491. The highest BCUT2D eigenvalue weighted by Gasteiger charge is 2.44. The van der Waals surface area contributed by atoms with Crippen LogP contribution in [-0.4, -0.2) is 110 Å². The molecule has 10 nitrogen and oxygen atoms in total. The van der Waals surface area contributed by atoms with Crippen molar-refractivity contribution in [1.82, 2.24) is 34.0 Å². The summed E-state index contributed by atoms with van der Waals surface area (Å²) in [5, 5.41) is 4.40. The summed E-state index contributed by atoms with van der Waals surface area (Å²) in [5.74, 6) is 3.96. The fourth-order valence-corrected chi connectivity index (χ4v) is 11.6. The van der Waals surface area contributed by atoms with Crippen LogP contribution in [0.15, 0.2) is 18.6 Å². The van der Waals surface area contributed by atoms with Gasteiger partial charge < -0.3 is 23.8 Å². The number of carbonyl (C=O) groups is 1. The second kappa shape index (κ2) is 34.5. The molecule has 512 valence electrons. The molecular weight excluding hydrogens is 1070 g/mol. The molecule has 9 rings (SSSR count). The van der Waals surface area contributed by atoms with Crippen molar-refractivity contribution in [3.63, 3.8) is 0 Å². The number of hydrogen-bond acceptors (Lipinski definition) is 6. The number of urea groups is 1. The monoisotopic (exact) mass is 1220 g/mol. The lowest BCUT2D eigenvalue weighted by Crippen LogP contribution is -2.59. The Morgan fingerprint density at radius 3 is 1.10 bits per heavy atom. The van der Waals surface area contributed by atoms with Gasteiger partial charge in [0.2, 0.25) is 0 Å². The molecule has 4 saturated heterocycles. The lowest BCUT2D eigenvalue weighted by Gasteiger charge is -2.48. The number of aryl methyl sites for hydroxylation is 3. The van der Waals surface area contributed by atoms with Gasteiger partial charge in [0.1, 0.15) is 0 Å². The Morgan fingerprint density at radius 1 is 0.494 bits per heavy atom. The summed E-state index contributed by atoms with van der Waals surface area (Å²) >= 11 is 0. The first-order valence-corrected chi connectivity index (χ1v) is 35.2. The molecule has 4 aliphatic heterocycles. The molecule has 0 radical (unpaired) electrons. The largest absolute Gasteiger partial charge is 0.381 e. The highest BCUT2D eigenvalue weighted by atomic mass is 16.5. The van der Waals surface area contributed by atoms with Crippen LogP contribution < -0.4 is 0 Å². The molecule has 2 amide bonds. The van der Waals surface area contributed by atoms with Crippen LogP contribution in [0.1, 0.15) is 314 Å². The van der Waals surface area contributed by atoms with Crippen LogP contribution in [0.3, 0.4) is 0 Å². The summed E-state index contributed by atoms with van der Waals surface area (Å²) < 4.78 is 14.3. The summed E-state index contributed by atoms with van der Waals surface area (Å²) in [5.41, 5.74) is 7.35. The van der Waals surface area contributed by atoms with Crippen LogP contribution >= 0.6 is 0 Å². The topological polar surface area (TPSA) is 80.9 Å². The SMILES string of the molecule is CC(C)(C)C1(C)COC1.CC(C)(C)C1CC1.CC(C)(C)C1CCC1.CC(C)(C)C1CCCCC1.CC(C)(C)C1CCOCC1.CC(C)(C)N1CCCC1.C[C@H]1CCN(C)C(=O)N1C(C)(C)C.Cc1cc(C(C)(C)C)nn1C.Cn1cnc(C(C)(C)C)c1. The minimum absolute atomic E-state index is 0.0643. The maximum Gasteiger partial charge on any atom is 0.320 e. The zero-order valence-electron chi connectivity index (χ0n) is 64.5. The number of carbonyl (C=O) groups excluding carboxylic acids is 1. The normalized spacial score (nSPS) is 20.9. The fourth-order valence-electron chi connectivity index (χ4n) is 11.6. The Labute approximate surface area is 542 Å². The van der Waals surface area contributed by atoms with Crippen LogP contribution in [0.2, 0.25) is 0 Å². The van der Waals surface area contributed by atoms with Crippen molar-refractivity contribution in [1.29, 1.82) is 0 Å². The molecule has 87 heavy (non-hydrogen) atoms. The van der Waals surface area contributed by atoms with Crippen molar-refractivity contribution in [3.8, 4) is 0 Å². The van der Waals surface area contributed by atoms with E-state index >= 15 is 0 Å². The number of likely N-dealkylation sites (tertiary alicyclic amines) is 1. The zero-order valence-corrected chi connectivity index (χ0v) is 64.5. The Bertz CT molecular complexity index is 2110. The minimum atomic E-state index is -0.0643. The lowest BCUT2D eigenvalue weighted by molar-refractivity contribution is -0.158. The lowest BCUT2D eigenvalue weighted by atomic mass is 9.67. The molecule has 1 atom stereocenters. The van der Waals surface area contributed by atoms with Crippen molar-refractivity contribution in [2.24, 2.45) is 70.3 Å². The van der Waals surface area contributed by atoms with Crippen molar-refractivity contribution in [3.05, 3.63) is 35.7 Å². The standard InChI is InChI=1S/C10H20N2O.C10H20.C9H16N2.C9H18O.C8H14N2.C8H17N.C8H16O.C8H16.C7H14/c1-8-6-7-11(5)9(13)12(8)10(2,3)4;1-10(2,3)9-7-5-4-6-8-9;1-7-6-8(9(2,3)4)10-11(7)5;1-9(2,3)8-4-6-10-7-5-8;1-8(2,3)7-5-10(4)6-9-7;1-8(2,3)9-6-4-5-7-9;1-7(2,3)8(4)5-9-6-8;1-8(2,3)7-5-4-6-7;1-7(2,3)6-4-5-6/h8H,6-7H2,1-5H3;9H,4-8H2,1-3H3;6H,1-5H3;8H,4-7H2,1-3H3;5-6H,1-4H3;4-7H2,1-3H3;5-6H2,1-4H3;7H,4-6H2,1-3H3;6H,4-5H2,1-3H3/t8-;;;;;;;;/m0......../s1. The van der Waals surface area contributed by atoms with Gasteiger partial charge in [-0.05, 0) is 196 Å². The Hall–Kier alpha value is -2.43. The van der Waals surface area contributed by atoms with Crippen LogP contribution in [-0.2, 0) is 34.4 Å². The third kappa shape index (κ3) is 31.6. The van der Waals surface area contributed by atoms with Gasteiger partial charge in [0.05, 0.1) is 30.9 Å². The van der Waals surface area contributed by atoms with E-state index in [9.17, 15) is 4.79 Å². The molecule has 2 aromatic rings. The minimum Gasteiger partial charge on any atom is -0.381 e. The van der Waals surface area contributed by atoms with Gasteiger partial charge in [0.25, 0.3) is 0 Å². The number of nitrogens with zero attached hydrogens (tertiary/aromatic N) is 7. The third-order valence-electron chi connectivity index (χ3n) is 20.0. The summed E-state index contributed by atoms with van der Waals surface area (Å²) in [7, 11) is 5.83. The second-order valence-corrected chi connectivity index (χ2v) is 37.4. The molecule has 0 spiro atoms. The Kier molecular flexibility index (Phi) is 32.7. The summed E-state index contributed by atoms with van der Waals surface area (Å²) in [4.78, 5) is 22.4. The summed E-state index contributed by atoms with van der Waals surface area (Å²) in [6, 6.07) is 2.66. The van der Waals surface area contributed by atoms with Crippen molar-refractivity contribution in [2.45, 2.75) is 332 Å². The molecule has 7 fully saturated rings. The molecule has 3 saturated carbocycles. The van der Waals surface area contributed by atoms with Gasteiger partial charge in [-0.2, -0.15) is 5.10 Å². The van der Waals surface area contributed by atoms with Gasteiger partial charge in [-0.25, -0.2) is 9.78 Å². The molecule has 2 aromatic heterocycles. The van der Waals surface area contributed by atoms with Gasteiger partial charge >= 0.3 is 6.03 Å². The Morgan fingerprint density at radius 2 is 0.908 bits per heavy atom. The molecule has 6 heterocycles. The molecule has 3 aliphatic carbocycles. The molecule has 0 unspecified atom stereocenters. The second-order valence-electron chi connectivity index (χ2n) is 37.4. The van der Waals surface area contributed by atoms with Crippen LogP contribution in [0.5, 0.6) is 0 Å². The maximum atomic E-state index is 11.8. The first-order valence-electron chi connectivity index (χ1n) is 35.2. The number of hydrogen-bond donors (Lipinski definition) is 0. The first kappa shape index (κ1) is 82.6. The van der Waals surface area contributed by atoms with Gasteiger partial charge in [0.15, 0.2) is 0 Å². The van der Waals surface area contributed by atoms with E-state index in [1.54, 1.807) is 4.90 Å². The van der Waals surface area contributed by atoms with E-state index in [0.29, 0.717) is 44.1 Å². The van der Waals surface area contributed by atoms with Crippen LogP contribution in [0.4, 0.5) is 4.79 Å². The van der Waals surface area contributed by atoms with Gasteiger partial charge in [-0.3, -0.25) is 9.58 Å². The summed E-state index contributed by atoms with van der Waals surface area (Å²) in [6.07, 6.45) is 25.0. The molecular formula is C77H151N7O3. The van der Waals surface area contributed by atoms with Gasteiger partial charge in [0, 0.05) is 86.2 Å². The molecule has 0 aromatic carbocycles. The van der Waals surface area contributed by atoms with E-state index in [-0.39, 0.29) is 22.4 Å². The number of ether oxygens (including phenoxy) is 2. The molecule has 0 N–H and O–H groups in total. The first-order chi connectivity index (χ1) is 39.2. The van der Waals surface area contributed by atoms with Gasteiger partial charge in [-0.15, -0.1) is 0 Å². The van der Waals surface area contributed by atoms with Gasteiger partial charge in [-0.1, -0.05) is 178 Å². The zero-order chi connectivity index (χ0) is 67.6. The van der Waals surface area contributed by atoms with E-state index in [1.807, 2.05) is 41.6 Å². The maximum absolute atomic E-state index is 11.8.